The van der Waals surface area contributed by atoms with Crippen LogP contribution in [0.4, 0.5) is 5.69 Å². The molecule has 0 heterocycles. The van der Waals surface area contributed by atoms with Crippen LogP contribution >= 0.6 is 0 Å². The first-order chi connectivity index (χ1) is 14.1. The van der Waals surface area contributed by atoms with E-state index >= 15 is 0 Å². The zero-order valence-electron chi connectivity index (χ0n) is 16.8. The topological polar surface area (TPSA) is 152 Å². The number of hydrogen-bond donors (Lipinski definition) is 0. The molecule has 12 nitrogen and oxygen atoms in total. The van der Waals surface area contributed by atoms with E-state index in [1.807, 2.05) is 0 Å². The molecule has 14 heteroatoms. The lowest BCUT2D eigenvalue weighted by atomic mass is 10.3. The third kappa shape index (κ3) is 9.88. The Morgan fingerprint density at radius 2 is 1.40 bits per heavy atom. The van der Waals surface area contributed by atoms with Crippen LogP contribution in [0.1, 0.15) is 0 Å². The lowest BCUT2D eigenvalue weighted by molar-refractivity contribution is -0.387. The minimum absolute atomic E-state index is 0.0117. The van der Waals surface area contributed by atoms with Gasteiger partial charge in [-0.25, -0.2) is 8.42 Å². The molecule has 30 heavy (non-hydrogen) atoms. The van der Waals surface area contributed by atoms with Crippen molar-refractivity contribution in [2.24, 2.45) is 0 Å². The number of ether oxygens (including phenoxy) is 3. The standard InChI is InChI=1S/C16H26N2O10S2/c1-17(30(23,24)16-6-4-3-5-15(16)18(19)20)7-8-25-9-10-26-11-12-27-13-14-28-29(2,21)22/h3-6H,7-14H2,1-2H3. The SMILES string of the molecule is CN(CCOCCOCCOCCOS(C)(=O)=O)S(=O)(=O)c1ccccc1[N+](=O)[O-]. The predicted octanol–water partition coefficient (Wildman–Crippen LogP) is 0.241. The normalized spacial score (nSPS) is 12.4. The zero-order valence-corrected chi connectivity index (χ0v) is 18.4. The van der Waals surface area contributed by atoms with Crippen LogP contribution in [0.15, 0.2) is 29.2 Å². The molecule has 1 aromatic rings. The Morgan fingerprint density at radius 1 is 0.900 bits per heavy atom. The van der Waals surface area contributed by atoms with Crippen molar-refractivity contribution in [3.63, 3.8) is 0 Å². The monoisotopic (exact) mass is 470 g/mol. The average Bonchev–Trinajstić information content (AvgIpc) is 2.67. The first kappa shape index (κ1) is 26.4. The van der Waals surface area contributed by atoms with E-state index in [0.717, 1.165) is 16.6 Å². The van der Waals surface area contributed by atoms with Crippen LogP contribution in [0.3, 0.4) is 0 Å². The smallest absolute Gasteiger partial charge is 0.289 e. The number of benzene rings is 1. The molecule has 0 N–H and O–H groups in total. The Labute approximate surface area is 176 Å². The summed E-state index contributed by atoms with van der Waals surface area (Å²) in [6.45, 7) is 1.15. The number of sulfonamides is 1. The van der Waals surface area contributed by atoms with Gasteiger partial charge in [0.05, 0.1) is 57.4 Å². The molecular formula is C16H26N2O10S2. The second-order valence-electron chi connectivity index (χ2n) is 5.91. The number of likely N-dealkylation sites (N-methyl/N-ethyl adjacent to an activating group) is 1. The Kier molecular flexibility index (Phi) is 11.3. The largest absolute Gasteiger partial charge is 0.378 e. The summed E-state index contributed by atoms with van der Waals surface area (Å²) in [6, 6.07) is 5.14. The molecule has 0 fully saturated rings. The molecule has 0 spiro atoms. The molecule has 172 valence electrons. The number of hydrogen-bond acceptors (Lipinski definition) is 10. The van der Waals surface area contributed by atoms with E-state index in [-0.39, 0.29) is 57.7 Å². The van der Waals surface area contributed by atoms with E-state index in [4.69, 9.17) is 14.2 Å². The molecule has 0 atom stereocenters. The second kappa shape index (κ2) is 12.9. The molecule has 1 aromatic carbocycles. The molecule has 1 rings (SSSR count). The molecule has 0 saturated heterocycles. The number of nitrogens with zero attached hydrogens (tertiary/aromatic N) is 2. The summed E-state index contributed by atoms with van der Waals surface area (Å²) >= 11 is 0. The molecule has 0 radical (unpaired) electrons. The van der Waals surface area contributed by atoms with Gasteiger partial charge < -0.3 is 14.2 Å². The maximum Gasteiger partial charge on any atom is 0.289 e. The van der Waals surface area contributed by atoms with E-state index in [0.29, 0.717) is 0 Å². The van der Waals surface area contributed by atoms with Gasteiger partial charge in [-0.1, -0.05) is 12.1 Å². The highest BCUT2D eigenvalue weighted by atomic mass is 32.2. The highest BCUT2D eigenvalue weighted by molar-refractivity contribution is 7.89. The first-order valence-electron chi connectivity index (χ1n) is 8.83. The van der Waals surface area contributed by atoms with Gasteiger partial charge >= 0.3 is 0 Å². The molecule has 0 aliphatic rings. The van der Waals surface area contributed by atoms with Gasteiger partial charge in [0.15, 0.2) is 4.90 Å². The van der Waals surface area contributed by atoms with Gasteiger partial charge in [0.1, 0.15) is 0 Å². The molecule has 0 aliphatic heterocycles. The van der Waals surface area contributed by atoms with Crippen LogP contribution in [-0.2, 0) is 38.5 Å². The Morgan fingerprint density at radius 3 is 1.93 bits per heavy atom. The fraction of sp³-hybridized carbons (Fsp3) is 0.625. The lowest BCUT2D eigenvalue weighted by Crippen LogP contribution is -2.31. The van der Waals surface area contributed by atoms with E-state index in [1.165, 1.54) is 25.2 Å². The quantitative estimate of drug-likeness (QED) is 0.142. The summed E-state index contributed by atoms with van der Waals surface area (Å²) in [7, 11) is -6.17. The highest BCUT2D eigenvalue weighted by Crippen LogP contribution is 2.25. The number of rotatable bonds is 16. The molecule has 0 saturated carbocycles. The van der Waals surface area contributed by atoms with Crippen LogP contribution in [-0.4, -0.2) is 92.2 Å². The number of nitro groups is 1. The van der Waals surface area contributed by atoms with E-state index in [2.05, 4.69) is 4.18 Å². The van der Waals surface area contributed by atoms with Crippen molar-refractivity contribution in [2.45, 2.75) is 4.90 Å². The van der Waals surface area contributed by atoms with Crippen molar-refractivity contribution in [3.05, 3.63) is 34.4 Å². The fourth-order valence-corrected chi connectivity index (χ4v) is 3.77. The summed E-state index contributed by atoms with van der Waals surface area (Å²) < 4.78 is 67.6. The maximum atomic E-state index is 12.5. The second-order valence-corrected chi connectivity index (χ2v) is 9.57. The van der Waals surface area contributed by atoms with Crippen molar-refractivity contribution in [1.82, 2.24) is 4.31 Å². The Balaban J connectivity index is 2.19. The van der Waals surface area contributed by atoms with Gasteiger partial charge in [0.2, 0.25) is 10.0 Å². The van der Waals surface area contributed by atoms with E-state index in [1.54, 1.807) is 0 Å². The minimum Gasteiger partial charge on any atom is -0.378 e. The van der Waals surface area contributed by atoms with Crippen LogP contribution in [0.5, 0.6) is 0 Å². The Hall–Kier alpha value is -1.68. The van der Waals surface area contributed by atoms with E-state index < -0.39 is 30.8 Å². The minimum atomic E-state index is -4.02. The average molecular weight is 471 g/mol. The van der Waals surface area contributed by atoms with Crippen molar-refractivity contribution in [3.8, 4) is 0 Å². The fourth-order valence-electron chi connectivity index (χ4n) is 2.09. The lowest BCUT2D eigenvalue weighted by Gasteiger charge is -2.17. The third-order valence-electron chi connectivity index (χ3n) is 3.57. The molecule has 0 aliphatic carbocycles. The first-order valence-corrected chi connectivity index (χ1v) is 12.1. The van der Waals surface area contributed by atoms with Gasteiger partial charge in [0.25, 0.3) is 15.8 Å². The van der Waals surface area contributed by atoms with Gasteiger partial charge in [-0.3, -0.25) is 14.3 Å². The van der Waals surface area contributed by atoms with Crippen LogP contribution in [0.2, 0.25) is 0 Å². The van der Waals surface area contributed by atoms with Gasteiger partial charge in [-0.05, 0) is 6.07 Å². The molecular weight excluding hydrogens is 444 g/mol. The molecule has 0 aromatic heterocycles. The summed E-state index contributed by atoms with van der Waals surface area (Å²) in [5, 5.41) is 11.0. The van der Waals surface area contributed by atoms with Crippen LogP contribution in [0, 0.1) is 10.1 Å². The number of para-hydroxylation sites is 1. The summed E-state index contributed by atoms with van der Waals surface area (Å²) in [4.78, 5) is 9.92. The van der Waals surface area contributed by atoms with Gasteiger partial charge in [-0.2, -0.15) is 12.7 Å². The van der Waals surface area contributed by atoms with Gasteiger partial charge in [0, 0.05) is 19.7 Å². The van der Waals surface area contributed by atoms with Crippen molar-refractivity contribution in [1.29, 1.82) is 0 Å². The van der Waals surface area contributed by atoms with Crippen molar-refractivity contribution >= 4 is 25.8 Å². The number of nitro benzene ring substituents is 1. The zero-order chi connectivity index (χ0) is 22.6. The van der Waals surface area contributed by atoms with Gasteiger partial charge in [-0.15, -0.1) is 0 Å². The summed E-state index contributed by atoms with van der Waals surface area (Å²) in [6.07, 6.45) is 0.953. The Bertz CT molecular complexity index is 874. The van der Waals surface area contributed by atoms with Crippen LogP contribution < -0.4 is 0 Å². The third-order valence-corrected chi connectivity index (χ3v) is 6.07. The van der Waals surface area contributed by atoms with E-state index in [9.17, 15) is 26.9 Å². The van der Waals surface area contributed by atoms with Crippen molar-refractivity contribution < 1.29 is 40.2 Å². The molecule has 0 unspecified atom stereocenters. The van der Waals surface area contributed by atoms with Crippen LogP contribution in [0.25, 0.3) is 0 Å². The molecule has 0 bridgehead atoms. The predicted molar refractivity (Wildman–Crippen MR) is 106 cm³/mol. The van der Waals surface area contributed by atoms with Crippen molar-refractivity contribution in [2.75, 3.05) is 66.1 Å². The summed E-state index contributed by atoms with van der Waals surface area (Å²) in [5.41, 5.74) is -0.483. The highest BCUT2D eigenvalue weighted by Gasteiger charge is 2.28. The summed E-state index contributed by atoms with van der Waals surface area (Å²) in [5.74, 6) is 0. The maximum absolute atomic E-state index is 12.5. The molecule has 0 amide bonds.